The molecule has 0 aliphatic carbocycles. The van der Waals surface area contributed by atoms with E-state index in [2.05, 4.69) is 0 Å². The van der Waals surface area contributed by atoms with Gasteiger partial charge in [-0.1, -0.05) is 0 Å². The number of rotatable bonds is 5. The Morgan fingerprint density at radius 2 is 1.76 bits per heavy atom. The van der Waals surface area contributed by atoms with E-state index < -0.39 is 34.4 Å². The summed E-state index contributed by atoms with van der Waals surface area (Å²) in [6.45, 7) is 0.511. The van der Waals surface area contributed by atoms with Gasteiger partial charge in [0.05, 0.1) is 16.4 Å². The number of halogens is 2. The number of carbonyl (C=O) groups excluding carboxylic acids is 2. The van der Waals surface area contributed by atoms with Crippen molar-refractivity contribution >= 4 is 17.6 Å². The second kappa shape index (κ2) is 8.76. The first-order valence-electron chi connectivity index (χ1n) is 8.99. The van der Waals surface area contributed by atoms with E-state index in [0.717, 1.165) is 12.1 Å². The molecule has 1 aliphatic heterocycles. The van der Waals surface area contributed by atoms with Gasteiger partial charge in [-0.3, -0.25) is 19.7 Å². The quantitative estimate of drug-likeness (QED) is 0.432. The predicted molar refractivity (Wildman–Crippen MR) is 97.9 cm³/mol. The van der Waals surface area contributed by atoms with Crippen molar-refractivity contribution < 1.29 is 28.0 Å². The molecule has 0 saturated carbocycles. The Kier molecular flexibility index (Phi) is 6.16. The van der Waals surface area contributed by atoms with Gasteiger partial charge in [-0.15, -0.1) is 0 Å². The second-order valence-corrected chi connectivity index (χ2v) is 6.72. The van der Waals surface area contributed by atoms with Gasteiger partial charge in [0.1, 0.15) is 18.2 Å². The van der Waals surface area contributed by atoms with Crippen LogP contribution in [0.2, 0.25) is 0 Å². The number of likely N-dealkylation sites (tertiary alicyclic amines) is 1. The van der Waals surface area contributed by atoms with Crippen molar-refractivity contribution in [3.05, 3.63) is 75.3 Å². The zero-order valence-electron chi connectivity index (χ0n) is 15.3. The van der Waals surface area contributed by atoms with E-state index in [1.165, 1.54) is 29.2 Å². The molecular weight excluding hydrogens is 386 g/mol. The van der Waals surface area contributed by atoms with Gasteiger partial charge in [0.2, 0.25) is 0 Å². The Labute approximate surface area is 165 Å². The van der Waals surface area contributed by atoms with Crippen LogP contribution < -0.4 is 0 Å². The molecule has 152 valence electrons. The Morgan fingerprint density at radius 1 is 1.10 bits per heavy atom. The summed E-state index contributed by atoms with van der Waals surface area (Å²) in [6, 6.07) is 8.50. The second-order valence-electron chi connectivity index (χ2n) is 6.72. The number of benzene rings is 2. The van der Waals surface area contributed by atoms with Crippen molar-refractivity contribution in [2.24, 2.45) is 5.92 Å². The normalized spacial score (nSPS) is 14.5. The Morgan fingerprint density at radius 3 is 2.34 bits per heavy atom. The molecule has 1 heterocycles. The first-order chi connectivity index (χ1) is 13.8. The molecular formula is C20H18F2N2O5. The predicted octanol–water partition coefficient (Wildman–Crippen LogP) is 3.47. The smallest absolute Gasteiger partial charge is 0.309 e. The topological polar surface area (TPSA) is 89.8 Å². The molecule has 2 aromatic rings. The van der Waals surface area contributed by atoms with Crippen molar-refractivity contribution in [2.45, 2.75) is 19.4 Å². The maximum absolute atomic E-state index is 13.8. The summed E-state index contributed by atoms with van der Waals surface area (Å²) >= 11 is 0. The van der Waals surface area contributed by atoms with Crippen LogP contribution in [-0.2, 0) is 16.1 Å². The molecule has 29 heavy (non-hydrogen) atoms. The average molecular weight is 404 g/mol. The number of ether oxygens (including phenoxy) is 1. The molecule has 0 spiro atoms. The molecule has 1 fully saturated rings. The summed E-state index contributed by atoms with van der Waals surface area (Å²) in [5, 5.41) is 10.6. The van der Waals surface area contributed by atoms with Crippen molar-refractivity contribution in [2.75, 3.05) is 13.1 Å². The van der Waals surface area contributed by atoms with E-state index in [9.17, 15) is 28.5 Å². The van der Waals surface area contributed by atoms with E-state index in [0.29, 0.717) is 24.5 Å². The van der Waals surface area contributed by atoms with E-state index in [4.69, 9.17) is 4.74 Å². The molecule has 0 N–H and O–H groups in total. The van der Waals surface area contributed by atoms with E-state index >= 15 is 0 Å². The highest BCUT2D eigenvalue weighted by molar-refractivity contribution is 5.94. The Balaban J connectivity index is 1.50. The number of esters is 1. The molecule has 9 heteroatoms. The van der Waals surface area contributed by atoms with Crippen LogP contribution in [0.5, 0.6) is 0 Å². The first-order valence-corrected chi connectivity index (χ1v) is 8.99. The van der Waals surface area contributed by atoms with Gasteiger partial charge < -0.3 is 9.64 Å². The fraction of sp³-hybridized carbons (Fsp3) is 0.300. The minimum absolute atomic E-state index is 0.00321. The number of hydrogen-bond donors (Lipinski definition) is 0. The standard InChI is InChI=1S/C20H18F2N2O5/c21-15-3-6-17(18(22)11-15)19(25)23-9-7-14(8-10-23)20(26)29-12-13-1-4-16(5-2-13)24(27)28/h1-6,11,14H,7-10,12H2. The van der Waals surface area contributed by atoms with Gasteiger partial charge in [0.15, 0.2) is 0 Å². The minimum atomic E-state index is -0.917. The van der Waals surface area contributed by atoms with Crippen LogP contribution in [0.4, 0.5) is 14.5 Å². The molecule has 0 radical (unpaired) electrons. The fourth-order valence-corrected chi connectivity index (χ4v) is 3.14. The van der Waals surface area contributed by atoms with E-state index in [1.54, 1.807) is 0 Å². The average Bonchev–Trinajstić information content (AvgIpc) is 2.72. The SMILES string of the molecule is O=C(OCc1ccc([N+](=O)[O-])cc1)C1CCN(C(=O)c2ccc(F)cc2F)CC1. The van der Waals surface area contributed by atoms with Crippen molar-refractivity contribution in [1.29, 1.82) is 0 Å². The molecule has 2 aromatic carbocycles. The lowest BCUT2D eigenvalue weighted by Gasteiger charge is -2.31. The van der Waals surface area contributed by atoms with E-state index in [1.807, 2.05) is 0 Å². The Bertz CT molecular complexity index is 925. The summed E-state index contributed by atoms with van der Waals surface area (Å²) < 4.78 is 32.1. The highest BCUT2D eigenvalue weighted by Gasteiger charge is 2.29. The van der Waals surface area contributed by atoms with Crippen molar-refractivity contribution in [1.82, 2.24) is 4.90 Å². The van der Waals surface area contributed by atoms with Crippen LogP contribution >= 0.6 is 0 Å². The zero-order chi connectivity index (χ0) is 21.0. The van der Waals surface area contributed by atoms with Crippen LogP contribution in [0.3, 0.4) is 0 Å². The van der Waals surface area contributed by atoms with Gasteiger partial charge in [-0.2, -0.15) is 0 Å². The molecule has 1 amide bonds. The monoisotopic (exact) mass is 404 g/mol. The van der Waals surface area contributed by atoms with Crippen molar-refractivity contribution in [3.8, 4) is 0 Å². The molecule has 1 saturated heterocycles. The lowest BCUT2D eigenvalue weighted by Crippen LogP contribution is -2.41. The third-order valence-corrected chi connectivity index (χ3v) is 4.81. The lowest BCUT2D eigenvalue weighted by molar-refractivity contribution is -0.384. The van der Waals surface area contributed by atoms with Gasteiger partial charge in [-0.05, 0) is 42.7 Å². The molecule has 0 aromatic heterocycles. The third-order valence-electron chi connectivity index (χ3n) is 4.81. The summed E-state index contributed by atoms with van der Waals surface area (Å²) in [6.07, 6.45) is 0.737. The summed E-state index contributed by atoms with van der Waals surface area (Å²) in [5.41, 5.74) is 0.378. The van der Waals surface area contributed by atoms with Crippen molar-refractivity contribution in [3.63, 3.8) is 0 Å². The number of piperidine rings is 1. The number of hydrogen-bond acceptors (Lipinski definition) is 5. The Hall–Kier alpha value is -3.36. The molecule has 0 bridgehead atoms. The maximum atomic E-state index is 13.8. The number of carbonyl (C=O) groups is 2. The molecule has 0 unspecified atom stereocenters. The summed E-state index contributed by atoms with van der Waals surface area (Å²) in [4.78, 5) is 36.2. The van der Waals surface area contributed by atoms with Crippen LogP contribution in [0.25, 0.3) is 0 Å². The third kappa shape index (κ3) is 4.92. The lowest BCUT2D eigenvalue weighted by atomic mass is 9.96. The first kappa shape index (κ1) is 20.4. The number of non-ortho nitro benzene ring substituents is 1. The minimum Gasteiger partial charge on any atom is -0.461 e. The summed E-state index contributed by atoms with van der Waals surface area (Å²) in [7, 11) is 0. The summed E-state index contributed by atoms with van der Waals surface area (Å²) in [5.74, 6) is -3.02. The highest BCUT2D eigenvalue weighted by atomic mass is 19.1. The molecule has 1 aliphatic rings. The number of nitrogens with zero attached hydrogens (tertiary/aromatic N) is 2. The largest absolute Gasteiger partial charge is 0.461 e. The fourth-order valence-electron chi connectivity index (χ4n) is 3.14. The number of nitro benzene ring substituents is 1. The van der Waals surface area contributed by atoms with Crippen LogP contribution in [0, 0.1) is 27.7 Å². The molecule has 0 atom stereocenters. The van der Waals surface area contributed by atoms with E-state index in [-0.39, 0.29) is 30.9 Å². The van der Waals surface area contributed by atoms with Crippen LogP contribution in [0.1, 0.15) is 28.8 Å². The van der Waals surface area contributed by atoms with Crippen LogP contribution in [-0.4, -0.2) is 34.8 Å². The van der Waals surface area contributed by atoms with Gasteiger partial charge >= 0.3 is 5.97 Å². The zero-order valence-corrected chi connectivity index (χ0v) is 15.3. The van der Waals surface area contributed by atoms with Gasteiger partial charge in [0.25, 0.3) is 11.6 Å². The highest BCUT2D eigenvalue weighted by Crippen LogP contribution is 2.22. The van der Waals surface area contributed by atoms with Gasteiger partial charge in [0, 0.05) is 31.3 Å². The molecule has 7 nitrogen and oxygen atoms in total. The molecule has 3 rings (SSSR count). The number of amides is 1. The van der Waals surface area contributed by atoms with Crippen LogP contribution in [0.15, 0.2) is 42.5 Å². The maximum Gasteiger partial charge on any atom is 0.309 e. The number of nitro groups is 1. The van der Waals surface area contributed by atoms with Gasteiger partial charge in [-0.25, -0.2) is 8.78 Å².